The fourth-order valence-corrected chi connectivity index (χ4v) is 4.96. The number of thiazole rings is 1. The molecule has 2 aliphatic heterocycles. The van der Waals surface area contributed by atoms with E-state index >= 15 is 0 Å². The number of hydrogen-bond acceptors (Lipinski definition) is 13. The summed E-state index contributed by atoms with van der Waals surface area (Å²) in [5, 5.41) is 32.2. The number of oxime groups is 1. The molecule has 0 saturated carbocycles. The summed E-state index contributed by atoms with van der Waals surface area (Å²) in [6, 6.07) is 2.48. The third-order valence-electron chi connectivity index (χ3n) is 5.64. The Morgan fingerprint density at radius 2 is 2.12 bits per heavy atom. The summed E-state index contributed by atoms with van der Waals surface area (Å²) in [5.74, 6) is 2.40. The van der Waals surface area contributed by atoms with Crippen molar-refractivity contribution in [1.82, 2.24) is 20.2 Å². The van der Waals surface area contributed by atoms with Gasteiger partial charge >= 0.3 is 5.97 Å². The van der Waals surface area contributed by atoms with Crippen LogP contribution in [-0.4, -0.2) is 79.5 Å². The standard InChI is InChI=1S/C22H24N10O6S2/c1-22(2,20(35)36)38-30-13(12-9-40-21(24)27-12)17(33)28-14-18(34)32-15(16(23)29-31-25)10(7-37-19(14)32)8-39-11-3-5-26-6-4-11/h3-6,9,14,19H,7-8H2,1-2H3,(H2,24,27)(H,28,33)(H,35,36)(H3,23,25,29)/b30-13-/t14-,19-/m1/s1. The number of hydrogen-bond donors (Lipinski definition) is 5. The fraction of sp³-hybridized carbons (Fsp3) is 0.318. The molecule has 1 saturated heterocycles. The minimum atomic E-state index is -1.76. The summed E-state index contributed by atoms with van der Waals surface area (Å²) in [4.78, 5) is 53.1. The Kier molecular flexibility index (Phi) is 8.40. The molecule has 40 heavy (non-hydrogen) atoms. The van der Waals surface area contributed by atoms with E-state index in [9.17, 15) is 19.5 Å². The Morgan fingerprint density at radius 1 is 1.40 bits per heavy atom. The highest BCUT2D eigenvalue weighted by Crippen LogP contribution is 2.35. The van der Waals surface area contributed by atoms with Gasteiger partial charge in [0.15, 0.2) is 28.9 Å². The number of nitrogens with two attached hydrogens (primary N) is 2. The molecule has 2 aromatic rings. The maximum atomic E-state index is 13.2. The summed E-state index contributed by atoms with van der Waals surface area (Å²) >= 11 is 2.47. The second-order valence-corrected chi connectivity index (χ2v) is 10.7. The average molecular weight is 589 g/mol. The number of anilines is 1. The van der Waals surface area contributed by atoms with Gasteiger partial charge in [-0.3, -0.25) is 24.9 Å². The number of fused-ring (bicyclic) bond motifs is 1. The molecular formula is C22H24N10O6S2. The maximum absolute atomic E-state index is 13.2. The van der Waals surface area contributed by atoms with Gasteiger partial charge in [-0.05, 0) is 31.6 Å². The van der Waals surface area contributed by atoms with Crippen molar-refractivity contribution in [3.05, 3.63) is 46.9 Å². The largest absolute Gasteiger partial charge is 0.478 e. The van der Waals surface area contributed by atoms with E-state index in [1.807, 2.05) is 12.1 Å². The first-order valence-electron chi connectivity index (χ1n) is 11.4. The van der Waals surface area contributed by atoms with Gasteiger partial charge in [0.05, 0.1) is 12.3 Å². The first-order chi connectivity index (χ1) is 19.0. The van der Waals surface area contributed by atoms with E-state index in [-0.39, 0.29) is 34.7 Å². The monoisotopic (exact) mass is 588 g/mol. The first kappa shape index (κ1) is 28.6. The molecule has 2 aliphatic rings. The summed E-state index contributed by atoms with van der Waals surface area (Å²) in [6.07, 6.45) is 2.33. The number of nitrogens with zero attached hydrogens (tertiary/aromatic N) is 6. The van der Waals surface area contributed by atoms with Crippen LogP contribution in [0.4, 0.5) is 5.13 Å². The third kappa shape index (κ3) is 5.92. The topological polar surface area (TPSA) is 244 Å². The lowest BCUT2D eigenvalue weighted by molar-refractivity contribution is -0.179. The van der Waals surface area contributed by atoms with Gasteiger partial charge in [0.2, 0.25) is 5.60 Å². The van der Waals surface area contributed by atoms with Crippen LogP contribution in [0.15, 0.2) is 61.6 Å². The lowest BCUT2D eigenvalue weighted by Crippen LogP contribution is -2.73. The van der Waals surface area contributed by atoms with Crippen molar-refractivity contribution >= 4 is 57.6 Å². The van der Waals surface area contributed by atoms with Crippen molar-refractivity contribution in [2.24, 2.45) is 21.3 Å². The molecule has 4 rings (SSSR count). The molecule has 0 aromatic carbocycles. The van der Waals surface area contributed by atoms with Gasteiger partial charge in [0.1, 0.15) is 5.69 Å². The quantitative estimate of drug-likeness (QED) is 0.0492. The highest BCUT2D eigenvalue weighted by Gasteiger charge is 2.54. The number of nitrogens with one attached hydrogen (secondary N) is 2. The van der Waals surface area contributed by atoms with Crippen LogP contribution in [0.3, 0.4) is 0 Å². The van der Waals surface area contributed by atoms with Gasteiger partial charge in [0.25, 0.3) is 11.8 Å². The number of thioether (sulfide) groups is 1. The van der Waals surface area contributed by atoms with Crippen LogP contribution in [0.5, 0.6) is 0 Å². The lowest BCUT2D eigenvalue weighted by Gasteiger charge is -2.50. The molecule has 2 amide bonds. The molecule has 4 heterocycles. The zero-order valence-electron chi connectivity index (χ0n) is 21.1. The van der Waals surface area contributed by atoms with Crippen molar-refractivity contribution in [3.63, 3.8) is 0 Å². The Balaban J connectivity index is 1.55. The van der Waals surface area contributed by atoms with Crippen LogP contribution >= 0.6 is 23.1 Å². The molecule has 1 fully saturated rings. The number of carbonyl (C=O) groups is 3. The molecule has 2 atom stereocenters. The van der Waals surface area contributed by atoms with Crippen LogP contribution < -0.4 is 16.9 Å². The predicted molar refractivity (Wildman–Crippen MR) is 143 cm³/mol. The lowest BCUT2D eigenvalue weighted by atomic mass is 9.98. The average Bonchev–Trinajstić information content (AvgIpc) is 3.36. The minimum Gasteiger partial charge on any atom is -0.478 e. The van der Waals surface area contributed by atoms with Gasteiger partial charge in [-0.25, -0.2) is 9.78 Å². The Bertz CT molecular complexity index is 1420. The van der Waals surface area contributed by atoms with Gasteiger partial charge in [-0.2, -0.15) is 0 Å². The normalized spacial score (nSPS) is 19.3. The number of aliphatic carboxylic acids is 1. The SMILES string of the molecule is CC(C)(O/N=C(\C(=O)N[C@@H]1C(=O)N2C(C(=N)N=NN)=C(CSc3ccncc3)CO[C@H]12)c1csc(N)n1)C(=O)O. The molecule has 2 aromatic heterocycles. The highest BCUT2D eigenvalue weighted by atomic mass is 32.2. The number of β-lactam (4-membered cyclic amide) rings is 1. The second kappa shape index (κ2) is 11.8. The second-order valence-electron chi connectivity index (χ2n) is 8.77. The number of carbonyl (C=O) groups excluding carboxylic acids is 2. The van der Waals surface area contributed by atoms with Crippen molar-refractivity contribution in [2.45, 2.75) is 36.6 Å². The van der Waals surface area contributed by atoms with Crippen LogP contribution in [0.2, 0.25) is 0 Å². The van der Waals surface area contributed by atoms with Gasteiger partial charge < -0.3 is 31.6 Å². The Morgan fingerprint density at radius 3 is 2.75 bits per heavy atom. The van der Waals surface area contributed by atoms with E-state index in [0.717, 1.165) is 16.2 Å². The van der Waals surface area contributed by atoms with Crippen molar-refractivity contribution < 1.29 is 29.1 Å². The number of pyridine rings is 1. The number of amidine groups is 1. The molecule has 0 spiro atoms. The third-order valence-corrected chi connectivity index (χ3v) is 7.41. The maximum Gasteiger partial charge on any atom is 0.350 e. The molecular weight excluding hydrogens is 564 g/mol. The van der Waals surface area contributed by atoms with Crippen molar-refractivity contribution in [3.8, 4) is 0 Å². The summed E-state index contributed by atoms with van der Waals surface area (Å²) in [7, 11) is 0. The van der Waals surface area contributed by atoms with Gasteiger partial charge in [-0.1, -0.05) is 10.4 Å². The van der Waals surface area contributed by atoms with Crippen LogP contribution in [0, 0.1) is 5.41 Å². The Labute approximate surface area is 235 Å². The number of carboxylic acids is 1. The minimum absolute atomic E-state index is 0.0236. The molecule has 18 heteroatoms. The molecule has 210 valence electrons. The van der Waals surface area contributed by atoms with Crippen LogP contribution in [0.1, 0.15) is 19.5 Å². The number of nitrogen functional groups attached to an aromatic ring is 1. The van der Waals surface area contributed by atoms with E-state index in [1.54, 1.807) is 12.4 Å². The summed E-state index contributed by atoms with van der Waals surface area (Å²) in [6.45, 7) is 2.54. The highest BCUT2D eigenvalue weighted by molar-refractivity contribution is 7.99. The molecule has 0 bridgehead atoms. The molecule has 0 unspecified atom stereocenters. The Hall–Kier alpha value is -4.42. The predicted octanol–water partition coefficient (Wildman–Crippen LogP) is 0.737. The first-order valence-corrected chi connectivity index (χ1v) is 13.3. The number of rotatable bonds is 10. The number of aromatic nitrogens is 2. The summed E-state index contributed by atoms with van der Waals surface area (Å²) < 4.78 is 5.88. The molecule has 7 N–H and O–H groups in total. The summed E-state index contributed by atoms with van der Waals surface area (Å²) in [5.41, 5.74) is 4.33. The van der Waals surface area contributed by atoms with Crippen LogP contribution in [0.25, 0.3) is 0 Å². The van der Waals surface area contributed by atoms with E-state index in [2.05, 4.69) is 30.8 Å². The van der Waals surface area contributed by atoms with E-state index < -0.39 is 35.7 Å². The zero-order chi connectivity index (χ0) is 29.0. The van der Waals surface area contributed by atoms with E-state index in [0.29, 0.717) is 11.3 Å². The zero-order valence-corrected chi connectivity index (χ0v) is 22.7. The molecule has 0 radical (unpaired) electrons. The van der Waals surface area contributed by atoms with Crippen molar-refractivity contribution in [2.75, 3.05) is 18.1 Å². The van der Waals surface area contributed by atoms with Crippen LogP contribution in [-0.2, 0) is 24.0 Å². The smallest absolute Gasteiger partial charge is 0.350 e. The fourth-order valence-electron chi connectivity index (χ4n) is 3.54. The molecule has 16 nitrogen and oxygen atoms in total. The number of carboxylic acid groups (broad SMARTS) is 1. The number of amides is 2. The van der Waals surface area contributed by atoms with Crippen molar-refractivity contribution in [1.29, 1.82) is 5.41 Å². The molecule has 0 aliphatic carbocycles. The van der Waals surface area contributed by atoms with Gasteiger partial charge in [0, 0.05) is 28.4 Å². The van der Waals surface area contributed by atoms with E-state index in [4.69, 9.17) is 26.6 Å². The van der Waals surface area contributed by atoms with Gasteiger partial charge in [-0.15, -0.1) is 28.2 Å². The van der Waals surface area contributed by atoms with E-state index in [1.165, 1.54) is 35.9 Å². The number of ether oxygens (including phenoxy) is 1.